The monoisotopic (exact) mass is 387 g/mol. The van der Waals surface area contributed by atoms with Crippen LogP contribution < -0.4 is 4.74 Å². The largest absolute Gasteiger partial charge is 0.495 e. The Kier molecular flexibility index (Phi) is 4.24. The molecule has 4 rings (SSSR count). The van der Waals surface area contributed by atoms with Crippen LogP contribution in [0.5, 0.6) is 5.75 Å². The summed E-state index contributed by atoms with van der Waals surface area (Å²) in [5, 5.41) is 0. The van der Waals surface area contributed by atoms with Crippen LogP contribution in [0.3, 0.4) is 0 Å². The standard InChI is InChI=1S/C20H21NO5S/c1-14-8-9-17(25-2)18(12-14)27(23,24)21-11-5-10-20(13-21)16-7-4-3-6-15(16)19(22)26-20/h3-4,6-9,12H,5,10-11,13H2,1-2H3/t20-/m0/s1. The zero-order chi connectivity index (χ0) is 19.2. The van der Waals surface area contributed by atoms with E-state index in [1.54, 1.807) is 24.3 Å². The van der Waals surface area contributed by atoms with Crippen molar-refractivity contribution in [1.29, 1.82) is 0 Å². The van der Waals surface area contributed by atoms with Crippen molar-refractivity contribution in [2.45, 2.75) is 30.3 Å². The first-order valence-corrected chi connectivity index (χ1v) is 10.3. The number of fused-ring (bicyclic) bond motifs is 2. The summed E-state index contributed by atoms with van der Waals surface area (Å²) in [6.07, 6.45) is 1.21. The Hall–Kier alpha value is -2.38. The maximum Gasteiger partial charge on any atom is 0.339 e. The van der Waals surface area contributed by atoms with Crippen LogP contribution in [0, 0.1) is 6.92 Å². The molecule has 0 N–H and O–H groups in total. The minimum Gasteiger partial charge on any atom is -0.495 e. The molecule has 1 saturated heterocycles. The number of sulfonamides is 1. The fourth-order valence-electron chi connectivity index (χ4n) is 3.96. The van der Waals surface area contributed by atoms with Gasteiger partial charge in [-0.15, -0.1) is 0 Å². The lowest BCUT2D eigenvalue weighted by Gasteiger charge is -2.39. The van der Waals surface area contributed by atoms with Crippen molar-refractivity contribution < 1.29 is 22.7 Å². The Morgan fingerprint density at radius 1 is 1.19 bits per heavy atom. The van der Waals surface area contributed by atoms with E-state index in [0.29, 0.717) is 30.7 Å². The second-order valence-electron chi connectivity index (χ2n) is 7.03. The van der Waals surface area contributed by atoms with Gasteiger partial charge in [-0.25, -0.2) is 13.2 Å². The van der Waals surface area contributed by atoms with Gasteiger partial charge in [0, 0.05) is 12.1 Å². The number of ether oxygens (including phenoxy) is 2. The number of hydrogen-bond acceptors (Lipinski definition) is 5. The lowest BCUT2D eigenvalue weighted by molar-refractivity contribution is -0.0345. The molecule has 2 aliphatic rings. The third-order valence-electron chi connectivity index (χ3n) is 5.28. The van der Waals surface area contributed by atoms with Crippen LogP contribution >= 0.6 is 0 Å². The molecule has 1 spiro atoms. The zero-order valence-electron chi connectivity index (χ0n) is 15.3. The van der Waals surface area contributed by atoms with E-state index in [0.717, 1.165) is 11.1 Å². The van der Waals surface area contributed by atoms with Gasteiger partial charge in [-0.1, -0.05) is 24.3 Å². The number of carbonyl (C=O) groups is 1. The summed E-state index contributed by atoms with van der Waals surface area (Å²) in [5.41, 5.74) is 1.20. The van der Waals surface area contributed by atoms with E-state index >= 15 is 0 Å². The molecule has 2 aromatic rings. The molecule has 0 aliphatic carbocycles. The molecule has 0 aromatic heterocycles. The topological polar surface area (TPSA) is 72.9 Å². The van der Waals surface area contributed by atoms with Gasteiger partial charge in [0.15, 0.2) is 5.60 Å². The van der Waals surface area contributed by atoms with Crippen LogP contribution in [0.15, 0.2) is 47.4 Å². The average Bonchev–Trinajstić information content (AvgIpc) is 2.93. The lowest BCUT2D eigenvalue weighted by Crippen LogP contribution is -2.48. The Labute approximate surface area is 158 Å². The average molecular weight is 387 g/mol. The van der Waals surface area contributed by atoms with E-state index < -0.39 is 21.6 Å². The quantitative estimate of drug-likeness (QED) is 0.757. The van der Waals surface area contributed by atoms with Gasteiger partial charge in [0.05, 0.1) is 19.2 Å². The van der Waals surface area contributed by atoms with Crippen molar-refractivity contribution in [3.8, 4) is 5.75 Å². The summed E-state index contributed by atoms with van der Waals surface area (Å²) in [6, 6.07) is 12.3. The number of hydrogen-bond donors (Lipinski definition) is 0. The number of aryl methyl sites for hydroxylation is 1. The van der Waals surface area contributed by atoms with E-state index in [2.05, 4.69) is 0 Å². The predicted molar refractivity (Wildman–Crippen MR) is 99.3 cm³/mol. The third kappa shape index (κ3) is 2.82. The molecule has 0 amide bonds. The van der Waals surface area contributed by atoms with Gasteiger partial charge in [0.1, 0.15) is 10.6 Å². The van der Waals surface area contributed by atoms with Crippen molar-refractivity contribution in [1.82, 2.24) is 4.31 Å². The molecule has 0 unspecified atom stereocenters. The van der Waals surface area contributed by atoms with Crippen molar-refractivity contribution in [2.75, 3.05) is 20.2 Å². The van der Waals surface area contributed by atoms with E-state index in [-0.39, 0.29) is 11.4 Å². The third-order valence-corrected chi connectivity index (χ3v) is 7.15. The second kappa shape index (κ2) is 6.35. The molecule has 142 valence electrons. The molecule has 2 aromatic carbocycles. The number of esters is 1. The van der Waals surface area contributed by atoms with Crippen LogP contribution in [0.1, 0.15) is 34.3 Å². The van der Waals surface area contributed by atoms with Crippen molar-refractivity contribution >= 4 is 16.0 Å². The Morgan fingerprint density at radius 3 is 2.74 bits per heavy atom. The highest BCUT2D eigenvalue weighted by Gasteiger charge is 2.50. The van der Waals surface area contributed by atoms with Gasteiger partial charge in [-0.05, 0) is 43.5 Å². The minimum atomic E-state index is -3.79. The first kappa shape index (κ1) is 18.0. The van der Waals surface area contributed by atoms with Gasteiger partial charge in [0.25, 0.3) is 0 Å². The van der Waals surface area contributed by atoms with Gasteiger partial charge in [-0.3, -0.25) is 0 Å². The summed E-state index contributed by atoms with van der Waals surface area (Å²) in [6.45, 7) is 2.32. The molecule has 6 nitrogen and oxygen atoms in total. The smallest absolute Gasteiger partial charge is 0.339 e. The van der Waals surface area contributed by atoms with E-state index in [9.17, 15) is 13.2 Å². The number of carbonyl (C=O) groups excluding carboxylic acids is 1. The second-order valence-corrected chi connectivity index (χ2v) is 8.93. The molecule has 1 fully saturated rings. The molecule has 1 atom stereocenters. The highest BCUT2D eigenvalue weighted by Crippen LogP contribution is 2.44. The maximum atomic E-state index is 13.4. The molecule has 27 heavy (non-hydrogen) atoms. The number of nitrogens with zero attached hydrogens (tertiary/aromatic N) is 1. The fraction of sp³-hybridized carbons (Fsp3) is 0.350. The molecular weight excluding hydrogens is 366 g/mol. The Bertz CT molecular complexity index is 1020. The summed E-state index contributed by atoms with van der Waals surface area (Å²) in [5.74, 6) is -0.0815. The Balaban J connectivity index is 1.75. The summed E-state index contributed by atoms with van der Waals surface area (Å²) < 4.78 is 39.1. The molecule has 7 heteroatoms. The van der Waals surface area contributed by atoms with Gasteiger partial charge in [-0.2, -0.15) is 4.31 Å². The van der Waals surface area contributed by atoms with Gasteiger partial charge >= 0.3 is 5.97 Å². The molecule has 2 aliphatic heterocycles. The fourth-order valence-corrected chi connectivity index (χ4v) is 5.73. The van der Waals surface area contributed by atoms with Crippen LogP contribution in [0.25, 0.3) is 0 Å². The Morgan fingerprint density at radius 2 is 1.96 bits per heavy atom. The predicted octanol–water partition coefficient (Wildman–Crippen LogP) is 2.85. The van der Waals surface area contributed by atoms with Crippen LogP contribution in [-0.2, 0) is 20.4 Å². The van der Waals surface area contributed by atoms with Crippen molar-refractivity contribution in [2.24, 2.45) is 0 Å². The normalized spacial score (nSPS) is 22.5. The number of benzene rings is 2. The van der Waals surface area contributed by atoms with Crippen LogP contribution in [0.4, 0.5) is 0 Å². The van der Waals surface area contributed by atoms with Crippen molar-refractivity contribution in [3.63, 3.8) is 0 Å². The SMILES string of the molecule is COc1ccc(C)cc1S(=O)(=O)N1CCC[C@@]2(C1)OC(=O)c1ccccc12. The van der Waals surface area contributed by atoms with E-state index in [1.165, 1.54) is 11.4 Å². The van der Waals surface area contributed by atoms with E-state index in [4.69, 9.17) is 9.47 Å². The van der Waals surface area contributed by atoms with Crippen molar-refractivity contribution in [3.05, 3.63) is 59.2 Å². The molecule has 0 bridgehead atoms. The minimum absolute atomic E-state index is 0.106. The number of methoxy groups -OCH3 is 1. The summed E-state index contributed by atoms with van der Waals surface area (Å²) >= 11 is 0. The first-order chi connectivity index (χ1) is 12.9. The van der Waals surface area contributed by atoms with Crippen LogP contribution in [0.2, 0.25) is 0 Å². The number of rotatable bonds is 3. The highest BCUT2D eigenvalue weighted by atomic mass is 32.2. The maximum absolute atomic E-state index is 13.4. The van der Waals surface area contributed by atoms with Gasteiger partial charge < -0.3 is 9.47 Å². The van der Waals surface area contributed by atoms with Crippen LogP contribution in [-0.4, -0.2) is 38.9 Å². The summed E-state index contributed by atoms with van der Waals surface area (Å²) in [7, 11) is -2.34. The first-order valence-electron chi connectivity index (χ1n) is 8.85. The van der Waals surface area contributed by atoms with Gasteiger partial charge in [0.2, 0.25) is 10.0 Å². The molecule has 2 heterocycles. The summed E-state index contributed by atoms with van der Waals surface area (Å²) in [4.78, 5) is 12.4. The molecule has 0 radical (unpaired) electrons. The molecular formula is C20H21NO5S. The zero-order valence-corrected chi connectivity index (χ0v) is 16.1. The lowest BCUT2D eigenvalue weighted by atomic mass is 9.86. The van der Waals surface area contributed by atoms with E-state index in [1.807, 2.05) is 25.1 Å². The molecule has 0 saturated carbocycles. The highest BCUT2D eigenvalue weighted by molar-refractivity contribution is 7.89. The number of piperidine rings is 1.